The molecule has 0 spiro atoms. The van der Waals surface area contributed by atoms with Gasteiger partial charge in [-0.1, -0.05) is 11.8 Å². The minimum Gasteiger partial charge on any atom is -0.444 e. The van der Waals surface area contributed by atoms with E-state index in [-0.39, 0.29) is 18.6 Å². The minimum absolute atomic E-state index is 0.0405. The van der Waals surface area contributed by atoms with Gasteiger partial charge in [0, 0.05) is 11.8 Å². The SMILES string of the molecule is Cc1cnc(C(C)NC(=O)c2csc(C#CCCO)c2)o1. The molecule has 0 saturated heterocycles. The van der Waals surface area contributed by atoms with Gasteiger partial charge in [-0.05, 0) is 19.9 Å². The number of aliphatic hydroxyl groups excluding tert-OH is 1. The molecule has 2 aromatic rings. The van der Waals surface area contributed by atoms with Gasteiger partial charge in [-0.2, -0.15) is 0 Å². The number of carbonyl (C=O) groups excluding carboxylic acids is 1. The van der Waals surface area contributed by atoms with E-state index in [0.29, 0.717) is 23.6 Å². The molecule has 2 N–H and O–H groups in total. The Labute approximate surface area is 127 Å². The van der Waals surface area contributed by atoms with E-state index in [1.807, 2.05) is 6.92 Å². The number of aliphatic hydroxyl groups is 1. The Hall–Kier alpha value is -2.10. The highest BCUT2D eigenvalue weighted by Crippen LogP contribution is 2.16. The second kappa shape index (κ2) is 7.07. The standard InChI is InChI=1S/C15H16N2O3S/c1-10-8-16-15(20-10)11(2)17-14(19)12-7-13(21-9-12)5-3-4-6-18/h7-9,11,18H,4,6H2,1-2H3,(H,17,19). The molecule has 5 nitrogen and oxygen atoms in total. The summed E-state index contributed by atoms with van der Waals surface area (Å²) < 4.78 is 5.38. The molecular formula is C15H16N2O3S. The second-order valence-electron chi connectivity index (χ2n) is 4.48. The van der Waals surface area contributed by atoms with E-state index in [1.165, 1.54) is 11.3 Å². The molecule has 0 aliphatic heterocycles. The third-order valence-corrected chi connectivity index (χ3v) is 3.51. The molecule has 110 valence electrons. The topological polar surface area (TPSA) is 75.4 Å². The van der Waals surface area contributed by atoms with Gasteiger partial charge in [0.1, 0.15) is 11.8 Å². The Kier molecular flexibility index (Phi) is 5.14. The molecule has 2 heterocycles. The Morgan fingerprint density at radius 1 is 1.62 bits per heavy atom. The number of aryl methyl sites for hydroxylation is 1. The fourth-order valence-corrected chi connectivity index (χ4v) is 2.40. The number of aromatic nitrogens is 1. The summed E-state index contributed by atoms with van der Waals surface area (Å²) in [6.07, 6.45) is 2.05. The molecule has 0 aliphatic rings. The summed E-state index contributed by atoms with van der Waals surface area (Å²) in [6, 6.07) is 1.44. The predicted molar refractivity (Wildman–Crippen MR) is 80.0 cm³/mol. The number of hydrogen-bond acceptors (Lipinski definition) is 5. The quantitative estimate of drug-likeness (QED) is 0.850. The van der Waals surface area contributed by atoms with Gasteiger partial charge in [0.15, 0.2) is 0 Å². The Bertz CT molecular complexity index is 678. The van der Waals surface area contributed by atoms with Gasteiger partial charge in [-0.15, -0.1) is 11.3 Å². The van der Waals surface area contributed by atoms with Gasteiger partial charge in [0.25, 0.3) is 5.91 Å². The van der Waals surface area contributed by atoms with E-state index in [2.05, 4.69) is 22.1 Å². The zero-order chi connectivity index (χ0) is 15.2. The minimum atomic E-state index is -0.296. The van der Waals surface area contributed by atoms with Gasteiger partial charge >= 0.3 is 0 Å². The van der Waals surface area contributed by atoms with Gasteiger partial charge in [0.2, 0.25) is 5.89 Å². The molecule has 0 fully saturated rings. The molecule has 0 radical (unpaired) electrons. The van der Waals surface area contributed by atoms with Crippen molar-refractivity contribution in [3.05, 3.63) is 39.7 Å². The van der Waals surface area contributed by atoms with Crippen LogP contribution in [0.25, 0.3) is 0 Å². The molecule has 2 aromatic heterocycles. The Balaban J connectivity index is 1.99. The third kappa shape index (κ3) is 4.18. The number of nitrogens with zero attached hydrogens (tertiary/aromatic N) is 1. The number of amides is 1. The van der Waals surface area contributed by atoms with Gasteiger partial charge in [-0.25, -0.2) is 4.98 Å². The van der Waals surface area contributed by atoms with E-state index >= 15 is 0 Å². The summed E-state index contributed by atoms with van der Waals surface area (Å²) in [6.45, 7) is 3.66. The van der Waals surface area contributed by atoms with Crippen molar-refractivity contribution in [3.63, 3.8) is 0 Å². The molecule has 0 bridgehead atoms. The van der Waals surface area contributed by atoms with Crippen molar-refractivity contribution in [2.75, 3.05) is 6.61 Å². The summed E-state index contributed by atoms with van der Waals surface area (Å²) >= 11 is 1.40. The maximum Gasteiger partial charge on any atom is 0.252 e. The normalized spacial score (nSPS) is 11.6. The molecule has 21 heavy (non-hydrogen) atoms. The van der Waals surface area contributed by atoms with Crippen LogP contribution in [0.1, 0.15) is 46.3 Å². The smallest absolute Gasteiger partial charge is 0.252 e. The van der Waals surface area contributed by atoms with Crippen molar-refractivity contribution < 1.29 is 14.3 Å². The molecule has 1 atom stereocenters. The lowest BCUT2D eigenvalue weighted by molar-refractivity contribution is 0.0934. The third-order valence-electron chi connectivity index (χ3n) is 2.67. The van der Waals surface area contributed by atoms with E-state index in [4.69, 9.17) is 9.52 Å². The highest BCUT2D eigenvalue weighted by Gasteiger charge is 2.16. The van der Waals surface area contributed by atoms with Crippen molar-refractivity contribution >= 4 is 17.2 Å². The van der Waals surface area contributed by atoms with E-state index in [1.54, 1.807) is 24.6 Å². The maximum absolute atomic E-state index is 12.1. The summed E-state index contributed by atoms with van der Waals surface area (Å²) in [4.78, 5) is 17.0. The summed E-state index contributed by atoms with van der Waals surface area (Å²) in [5, 5.41) is 13.3. The van der Waals surface area contributed by atoms with Gasteiger partial charge in [0.05, 0.1) is 23.2 Å². The van der Waals surface area contributed by atoms with Crippen molar-refractivity contribution in [3.8, 4) is 11.8 Å². The summed E-state index contributed by atoms with van der Waals surface area (Å²) in [5.41, 5.74) is 0.559. The van der Waals surface area contributed by atoms with E-state index in [0.717, 1.165) is 4.88 Å². The van der Waals surface area contributed by atoms with Gasteiger partial charge in [-0.3, -0.25) is 4.79 Å². The predicted octanol–water partition coefficient (Wildman–Crippen LogP) is 2.27. The molecule has 1 amide bonds. The molecule has 0 saturated carbocycles. The Morgan fingerprint density at radius 3 is 3.10 bits per heavy atom. The fraction of sp³-hybridized carbons (Fsp3) is 0.333. The van der Waals surface area contributed by atoms with Crippen LogP contribution in [-0.4, -0.2) is 22.6 Å². The summed E-state index contributed by atoms with van der Waals surface area (Å²) in [7, 11) is 0. The molecular weight excluding hydrogens is 288 g/mol. The molecule has 2 rings (SSSR count). The van der Waals surface area contributed by atoms with Crippen molar-refractivity contribution in [1.82, 2.24) is 10.3 Å². The van der Waals surface area contributed by atoms with Crippen LogP contribution in [0.15, 0.2) is 22.1 Å². The number of hydrogen-bond donors (Lipinski definition) is 2. The van der Waals surface area contributed by atoms with Crippen LogP contribution < -0.4 is 5.32 Å². The number of nitrogens with one attached hydrogen (secondary N) is 1. The first-order valence-corrected chi connectivity index (χ1v) is 7.39. The lowest BCUT2D eigenvalue weighted by Gasteiger charge is -2.09. The average Bonchev–Trinajstić information content (AvgIpc) is 3.08. The summed E-state index contributed by atoms with van der Waals surface area (Å²) in [5.74, 6) is 6.74. The first kappa shape index (κ1) is 15.3. The molecule has 0 aromatic carbocycles. The Morgan fingerprint density at radius 2 is 2.43 bits per heavy atom. The average molecular weight is 304 g/mol. The zero-order valence-electron chi connectivity index (χ0n) is 11.8. The number of oxazole rings is 1. The molecule has 6 heteroatoms. The highest BCUT2D eigenvalue weighted by molar-refractivity contribution is 7.10. The molecule has 0 aliphatic carbocycles. The maximum atomic E-state index is 12.1. The number of rotatable bonds is 4. The first-order chi connectivity index (χ1) is 10.1. The second-order valence-corrected chi connectivity index (χ2v) is 5.39. The first-order valence-electron chi connectivity index (χ1n) is 6.51. The largest absolute Gasteiger partial charge is 0.444 e. The number of thiophene rings is 1. The van der Waals surface area contributed by atoms with E-state index in [9.17, 15) is 4.79 Å². The van der Waals surface area contributed by atoms with Crippen molar-refractivity contribution in [2.24, 2.45) is 0 Å². The van der Waals surface area contributed by atoms with Crippen LogP contribution in [0.2, 0.25) is 0 Å². The van der Waals surface area contributed by atoms with Crippen LogP contribution in [0.4, 0.5) is 0 Å². The van der Waals surface area contributed by atoms with Crippen LogP contribution in [-0.2, 0) is 0 Å². The zero-order valence-corrected chi connectivity index (χ0v) is 12.7. The van der Waals surface area contributed by atoms with Crippen LogP contribution >= 0.6 is 11.3 Å². The van der Waals surface area contributed by atoms with Crippen LogP contribution in [0.3, 0.4) is 0 Å². The van der Waals surface area contributed by atoms with Crippen LogP contribution in [0, 0.1) is 18.8 Å². The van der Waals surface area contributed by atoms with Crippen molar-refractivity contribution in [2.45, 2.75) is 26.3 Å². The highest BCUT2D eigenvalue weighted by atomic mass is 32.1. The lowest BCUT2D eigenvalue weighted by Crippen LogP contribution is -2.26. The lowest BCUT2D eigenvalue weighted by atomic mass is 10.2. The van der Waals surface area contributed by atoms with Crippen LogP contribution in [0.5, 0.6) is 0 Å². The molecule has 1 unspecified atom stereocenters. The van der Waals surface area contributed by atoms with Gasteiger partial charge < -0.3 is 14.8 Å². The van der Waals surface area contributed by atoms with Crippen molar-refractivity contribution in [1.29, 1.82) is 0 Å². The monoisotopic (exact) mass is 304 g/mol. The number of carbonyl (C=O) groups is 1. The van der Waals surface area contributed by atoms with E-state index < -0.39 is 0 Å². The fourth-order valence-electron chi connectivity index (χ4n) is 1.64.